The van der Waals surface area contributed by atoms with E-state index in [1.54, 1.807) is 26.8 Å². The lowest BCUT2D eigenvalue weighted by molar-refractivity contribution is 0.0430. The number of nitrogens with one attached hydrogen (secondary N) is 1. The molecular formula is C12H21NO4. The quantitative estimate of drug-likeness (QED) is 0.731. The van der Waals surface area contributed by atoms with Gasteiger partial charge in [0.2, 0.25) is 0 Å². The van der Waals surface area contributed by atoms with Crippen LogP contribution in [0.5, 0.6) is 0 Å². The highest BCUT2D eigenvalue weighted by molar-refractivity contribution is 5.68. The van der Waals surface area contributed by atoms with Crippen LogP contribution in [0.4, 0.5) is 4.79 Å². The molecule has 0 spiro atoms. The Morgan fingerprint density at radius 3 is 2.82 bits per heavy atom. The first kappa shape index (κ1) is 14.0. The molecule has 2 N–H and O–H groups in total. The number of hydrogen-bond donors (Lipinski definition) is 2. The van der Waals surface area contributed by atoms with Gasteiger partial charge in [-0.3, -0.25) is 0 Å². The van der Waals surface area contributed by atoms with Crippen LogP contribution >= 0.6 is 0 Å². The van der Waals surface area contributed by atoms with E-state index in [2.05, 4.69) is 11.9 Å². The van der Waals surface area contributed by atoms with Crippen molar-refractivity contribution in [3.8, 4) is 0 Å². The molecule has 1 aliphatic rings. The third-order valence-corrected chi connectivity index (χ3v) is 2.38. The molecule has 1 saturated heterocycles. The molecule has 17 heavy (non-hydrogen) atoms. The first-order chi connectivity index (χ1) is 7.83. The van der Waals surface area contributed by atoms with Gasteiger partial charge in [0.15, 0.2) is 0 Å². The molecule has 1 fully saturated rings. The molecule has 1 rings (SSSR count). The van der Waals surface area contributed by atoms with E-state index < -0.39 is 23.8 Å². The maximum atomic E-state index is 11.6. The van der Waals surface area contributed by atoms with Gasteiger partial charge in [-0.2, -0.15) is 0 Å². The van der Waals surface area contributed by atoms with Gasteiger partial charge < -0.3 is 19.9 Å². The molecule has 0 aromatic carbocycles. The Morgan fingerprint density at radius 2 is 2.29 bits per heavy atom. The predicted octanol–water partition coefficient (Wildman–Crippen LogP) is 1.22. The summed E-state index contributed by atoms with van der Waals surface area (Å²) in [5.41, 5.74) is -0.553. The van der Waals surface area contributed by atoms with Crippen molar-refractivity contribution < 1.29 is 19.4 Å². The number of carbonyl (C=O) groups excluding carboxylic acids is 1. The lowest BCUT2D eigenvalue weighted by atomic mass is 10.1. The van der Waals surface area contributed by atoms with Crippen molar-refractivity contribution in [2.45, 2.75) is 51.0 Å². The number of carbonyl (C=O) groups is 1. The summed E-state index contributed by atoms with van der Waals surface area (Å²) >= 11 is 0. The molecule has 1 amide bonds. The summed E-state index contributed by atoms with van der Waals surface area (Å²) in [5, 5.41) is 12.3. The van der Waals surface area contributed by atoms with Crippen LogP contribution in [0.3, 0.4) is 0 Å². The number of rotatable bonds is 3. The van der Waals surface area contributed by atoms with Crippen LogP contribution in [0, 0.1) is 0 Å². The van der Waals surface area contributed by atoms with Crippen molar-refractivity contribution in [3.63, 3.8) is 0 Å². The van der Waals surface area contributed by atoms with E-state index in [4.69, 9.17) is 9.47 Å². The minimum atomic E-state index is -0.701. The molecule has 3 unspecified atom stereocenters. The zero-order chi connectivity index (χ0) is 13.1. The number of amides is 1. The summed E-state index contributed by atoms with van der Waals surface area (Å²) < 4.78 is 10.5. The van der Waals surface area contributed by atoms with Crippen molar-refractivity contribution in [1.29, 1.82) is 0 Å². The third kappa shape index (κ3) is 4.36. The first-order valence-corrected chi connectivity index (χ1v) is 5.73. The van der Waals surface area contributed by atoms with Gasteiger partial charge in [0.05, 0.1) is 18.8 Å². The van der Waals surface area contributed by atoms with Crippen LogP contribution in [0.2, 0.25) is 0 Å². The van der Waals surface area contributed by atoms with Gasteiger partial charge in [0.1, 0.15) is 11.7 Å². The second kappa shape index (κ2) is 5.51. The van der Waals surface area contributed by atoms with E-state index in [1.165, 1.54) is 0 Å². The average molecular weight is 243 g/mol. The van der Waals surface area contributed by atoms with Crippen molar-refractivity contribution in [2.24, 2.45) is 0 Å². The van der Waals surface area contributed by atoms with Crippen LogP contribution in [0.15, 0.2) is 12.7 Å². The zero-order valence-electron chi connectivity index (χ0n) is 10.6. The van der Waals surface area contributed by atoms with Gasteiger partial charge in [-0.15, -0.1) is 6.58 Å². The third-order valence-electron chi connectivity index (χ3n) is 2.38. The number of ether oxygens (including phenoxy) is 2. The van der Waals surface area contributed by atoms with E-state index in [0.29, 0.717) is 6.42 Å². The summed E-state index contributed by atoms with van der Waals surface area (Å²) in [6, 6.07) is -0.442. The number of aliphatic hydroxyl groups is 1. The molecule has 5 heteroatoms. The highest BCUT2D eigenvalue weighted by Crippen LogP contribution is 2.18. The van der Waals surface area contributed by atoms with Gasteiger partial charge in [0.25, 0.3) is 0 Å². The van der Waals surface area contributed by atoms with Gasteiger partial charge >= 0.3 is 6.09 Å². The van der Waals surface area contributed by atoms with Crippen LogP contribution in [-0.4, -0.2) is 41.7 Å². The van der Waals surface area contributed by atoms with E-state index in [1.807, 2.05) is 0 Å². The second-order valence-electron chi connectivity index (χ2n) is 5.14. The fourth-order valence-electron chi connectivity index (χ4n) is 1.69. The molecule has 98 valence electrons. The Balaban J connectivity index is 2.53. The Hall–Kier alpha value is -1.07. The SMILES string of the molecule is C=CCC1OCC(O)C1NC(=O)OC(C)(C)C. The van der Waals surface area contributed by atoms with Crippen molar-refractivity contribution >= 4 is 6.09 Å². The van der Waals surface area contributed by atoms with Crippen LogP contribution in [0.25, 0.3) is 0 Å². The van der Waals surface area contributed by atoms with Crippen LogP contribution < -0.4 is 5.32 Å². The fraction of sp³-hybridized carbons (Fsp3) is 0.750. The summed E-state index contributed by atoms with van der Waals surface area (Å²) in [6.07, 6.45) is 0.799. The van der Waals surface area contributed by atoms with Crippen LogP contribution in [-0.2, 0) is 9.47 Å². The number of hydrogen-bond acceptors (Lipinski definition) is 4. The molecule has 1 aliphatic heterocycles. The Morgan fingerprint density at radius 1 is 1.65 bits per heavy atom. The van der Waals surface area contributed by atoms with E-state index in [0.717, 1.165) is 0 Å². The van der Waals surface area contributed by atoms with E-state index >= 15 is 0 Å². The maximum Gasteiger partial charge on any atom is 0.408 e. The fourth-order valence-corrected chi connectivity index (χ4v) is 1.69. The summed E-state index contributed by atoms with van der Waals surface area (Å²) in [6.45, 7) is 9.20. The van der Waals surface area contributed by atoms with Crippen molar-refractivity contribution in [1.82, 2.24) is 5.32 Å². The maximum absolute atomic E-state index is 11.6. The standard InChI is InChI=1S/C12H21NO4/c1-5-6-9-10(8(14)7-16-9)13-11(15)17-12(2,3)4/h5,8-10,14H,1,6-7H2,2-4H3,(H,13,15). The monoisotopic (exact) mass is 243 g/mol. The highest BCUT2D eigenvalue weighted by atomic mass is 16.6. The van der Waals surface area contributed by atoms with Gasteiger partial charge in [-0.1, -0.05) is 6.08 Å². The molecule has 0 saturated carbocycles. The molecule has 5 nitrogen and oxygen atoms in total. The lowest BCUT2D eigenvalue weighted by Gasteiger charge is -2.24. The topological polar surface area (TPSA) is 67.8 Å². The lowest BCUT2D eigenvalue weighted by Crippen LogP contribution is -2.48. The van der Waals surface area contributed by atoms with Crippen molar-refractivity contribution in [2.75, 3.05) is 6.61 Å². The van der Waals surface area contributed by atoms with Gasteiger partial charge in [-0.05, 0) is 27.2 Å². The second-order valence-corrected chi connectivity index (χ2v) is 5.14. The first-order valence-electron chi connectivity index (χ1n) is 5.73. The zero-order valence-corrected chi connectivity index (χ0v) is 10.6. The Bertz CT molecular complexity index is 285. The van der Waals surface area contributed by atoms with Gasteiger partial charge in [-0.25, -0.2) is 4.79 Å². The molecule has 0 bridgehead atoms. The molecule has 0 aromatic heterocycles. The Kier molecular flexibility index (Phi) is 4.54. The molecule has 3 atom stereocenters. The summed E-state index contributed by atoms with van der Waals surface area (Å²) in [7, 11) is 0. The van der Waals surface area contributed by atoms with Crippen molar-refractivity contribution in [3.05, 3.63) is 12.7 Å². The van der Waals surface area contributed by atoms with Gasteiger partial charge in [0, 0.05) is 0 Å². The highest BCUT2D eigenvalue weighted by Gasteiger charge is 2.37. The van der Waals surface area contributed by atoms with E-state index in [-0.39, 0.29) is 12.7 Å². The molecule has 1 heterocycles. The normalized spacial score (nSPS) is 28.8. The Labute approximate surface area is 102 Å². The summed E-state index contributed by atoms with van der Waals surface area (Å²) in [4.78, 5) is 11.6. The minimum absolute atomic E-state index is 0.221. The molecule has 0 radical (unpaired) electrons. The summed E-state index contributed by atoms with van der Waals surface area (Å²) in [5.74, 6) is 0. The molecular weight excluding hydrogens is 222 g/mol. The minimum Gasteiger partial charge on any atom is -0.444 e. The largest absolute Gasteiger partial charge is 0.444 e. The number of aliphatic hydroxyl groups excluding tert-OH is 1. The predicted molar refractivity (Wildman–Crippen MR) is 63.7 cm³/mol. The van der Waals surface area contributed by atoms with Crippen LogP contribution in [0.1, 0.15) is 27.2 Å². The van der Waals surface area contributed by atoms with E-state index in [9.17, 15) is 9.90 Å². The molecule has 0 aromatic rings. The smallest absolute Gasteiger partial charge is 0.408 e. The average Bonchev–Trinajstić information content (AvgIpc) is 2.47. The molecule has 0 aliphatic carbocycles. The number of alkyl carbamates (subject to hydrolysis) is 1.